The molecule has 1 aromatic rings. The number of methoxy groups -OCH3 is 1. The van der Waals surface area contributed by atoms with Crippen LogP contribution in [0.1, 0.15) is 5.69 Å². The zero-order chi connectivity index (χ0) is 17.7. The van der Waals surface area contributed by atoms with Crippen molar-refractivity contribution in [3.8, 4) is 5.75 Å². The van der Waals surface area contributed by atoms with Crippen molar-refractivity contribution in [2.75, 3.05) is 20.3 Å². The first-order chi connectivity index (χ1) is 11.4. The molecule has 126 valence electrons. The molecule has 8 nitrogen and oxygen atoms in total. The van der Waals surface area contributed by atoms with Crippen LogP contribution in [0.2, 0.25) is 0 Å². The molecule has 1 aliphatic rings. The van der Waals surface area contributed by atoms with Gasteiger partial charge >= 0.3 is 11.9 Å². The second-order valence-electron chi connectivity index (χ2n) is 4.45. The smallest absolute Gasteiger partial charge is 0.343 e. The number of rotatable bonds is 6. The highest BCUT2D eigenvalue weighted by Crippen LogP contribution is 2.32. The molecule has 1 N–H and O–H groups in total. The van der Waals surface area contributed by atoms with Gasteiger partial charge in [-0.05, 0) is 18.2 Å². The maximum atomic E-state index is 12.1. The Morgan fingerprint density at radius 3 is 2.79 bits per heavy atom. The van der Waals surface area contributed by atoms with E-state index in [4.69, 9.17) is 22.1 Å². The number of thioether (sulfide) groups is 1. The lowest BCUT2D eigenvalue weighted by Gasteiger charge is -2.10. The molecule has 0 spiro atoms. The quantitative estimate of drug-likeness (QED) is 0.445. The van der Waals surface area contributed by atoms with Crippen LogP contribution in [0.25, 0.3) is 6.08 Å². The van der Waals surface area contributed by atoms with Gasteiger partial charge in [0.25, 0.3) is 5.91 Å². The van der Waals surface area contributed by atoms with Crippen LogP contribution in [-0.4, -0.2) is 57.4 Å². The van der Waals surface area contributed by atoms with Gasteiger partial charge in [0.15, 0.2) is 6.61 Å². The summed E-state index contributed by atoms with van der Waals surface area (Å²) in [7, 11) is 1.26. The third-order valence-electron chi connectivity index (χ3n) is 2.79. The Balaban J connectivity index is 2.06. The number of amides is 1. The van der Waals surface area contributed by atoms with Gasteiger partial charge in [-0.1, -0.05) is 24.0 Å². The van der Waals surface area contributed by atoms with Crippen molar-refractivity contribution in [1.29, 1.82) is 0 Å². The fraction of sp³-hybridized carbons (Fsp3) is 0.214. The summed E-state index contributed by atoms with van der Waals surface area (Å²) in [5.74, 6) is -1.75. The van der Waals surface area contributed by atoms with Crippen LogP contribution in [0.5, 0.6) is 5.75 Å². The molecule has 1 amide bonds. The number of pyridine rings is 1. The molecule has 0 unspecified atom stereocenters. The summed E-state index contributed by atoms with van der Waals surface area (Å²) >= 11 is 6.01. The van der Waals surface area contributed by atoms with E-state index >= 15 is 0 Å². The number of carbonyl (C=O) groups is 3. The molecule has 0 atom stereocenters. The molecule has 0 aliphatic carbocycles. The van der Waals surface area contributed by atoms with Crippen LogP contribution in [-0.2, 0) is 19.1 Å². The monoisotopic (exact) mass is 368 g/mol. The van der Waals surface area contributed by atoms with Crippen LogP contribution in [0.15, 0.2) is 23.2 Å². The highest BCUT2D eigenvalue weighted by atomic mass is 32.2. The molecular formula is C14H12N2O6S2. The van der Waals surface area contributed by atoms with Gasteiger partial charge in [-0.15, -0.1) is 0 Å². The van der Waals surface area contributed by atoms with E-state index in [0.717, 1.165) is 16.7 Å². The molecule has 0 bridgehead atoms. The first-order valence-corrected chi connectivity index (χ1v) is 7.76. The first kappa shape index (κ1) is 17.9. The van der Waals surface area contributed by atoms with Gasteiger partial charge in [-0.3, -0.25) is 19.5 Å². The normalized spacial score (nSPS) is 15.7. The van der Waals surface area contributed by atoms with Gasteiger partial charge in [0.2, 0.25) is 0 Å². The van der Waals surface area contributed by atoms with E-state index in [-0.39, 0.29) is 15.8 Å². The predicted molar refractivity (Wildman–Crippen MR) is 89.3 cm³/mol. The van der Waals surface area contributed by atoms with Crippen LogP contribution in [0.3, 0.4) is 0 Å². The zero-order valence-electron chi connectivity index (χ0n) is 12.4. The Labute approximate surface area is 146 Å². The number of hydrogen-bond acceptors (Lipinski definition) is 8. The molecule has 10 heteroatoms. The summed E-state index contributed by atoms with van der Waals surface area (Å²) in [6.07, 6.45) is 2.90. The Kier molecular flexibility index (Phi) is 5.88. The average molecular weight is 368 g/mol. The van der Waals surface area contributed by atoms with Crippen LogP contribution in [0, 0.1) is 0 Å². The van der Waals surface area contributed by atoms with Crippen molar-refractivity contribution < 1.29 is 29.0 Å². The number of hydrogen-bond donors (Lipinski definition) is 1. The second-order valence-corrected chi connectivity index (χ2v) is 6.12. The van der Waals surface area contributed by atoms with E-state index in [1.807, 2.05) is 0 Å². The molecule has 1 aliphatic heterocycles. The fourth-order valence-electron chi connectivity index (χ4n) is 1.67. The van der Waals surface area contributed by atoms with E-state index in [1.54, 1.807) is 12.1 Å². The van der Waals surface area contributed by atoms with Crippen molar-refractivity contribution in [2.45, 2.75) is 0 Å². The first-order valence-electron chi connectivity index (χ1n) is 6.53. The number of carboxylic acids is 1. The zero-order valence-corrected chi connectivity index (χ0v) is 14.1. The summed E-state index contributed by atoms with van der Waals surface area (Å²) < 4.78 is 9.80. The number of carboxylic acid groups (broad SMARTS) is 1. The summed E-state index contributed by atoms with van der Waals surface area (Å²) in [6, 6.07) is 3.18. The number of aromatic nitrogens is 1. The number of esters is 1. The van der Waals surface area contributed by atoms with Gasteiger partial charge in [0, 0.05) is 0 Å². The average Bonchev–Trinajstić information content (AvgIpc) is 2.81. The van der Waals surface area contributed by atoms with Gasteiger partial charge in [0.1, 0.15) is 16.6 Å². The van der Waals surface area contributed by atoms with Gasteiger partial charge in [0.05, 0.1) is 23.9 Å². The molecule has 24 heavy (non-hydrogen) atoms. The molecule has 2 rings (SSSR count). The number of carbonyl (C=O) groups excluding carboxylic acids is 2. The van der Waals surface area contributed by atoms with Crippen molar-refractivity contribution in [1.82, 2.24) is 9.88 Å². The molecule has 1 aromatic heterocycles. The minimum atomic E-state index is -1.14. The number of aliphatic carboxylic acids is 1. The van der Waals surface area contributed by atoms with Crippen molar-refractivity contribution in [2.24, 2.45) is 0 Å². The molecular weight excluding hydrogens is 356 g/mol. The van der Waals surface area contributed by atoms with Crippen LogP contribution >= 0.6 is 24.0 Å². The van der Waals surface area contributed by atoms with Crippen molar-refractivity contribution >= 4 is 52.2 Å². The number of ether oxygens (including phenoxy) is 2. The third-order valence-corrected chi connectivity index (χ3v) is 4.17. The van der Waals surface area contributed by atoms with E-state index in [2.05, 4.69) is 9.72 Å². The predicted octanol–water partition coefficient (Wildman–Crippen LogP) is 0.919. The lowest BCUT2D eigenvalue weighted by Crippen LogP contribution is -2.33. The van der Waals surface area contributed by atoms with Gasteiger partial charge < -0.3 is 14.6 Å². The third kappa shape index (κ3) is 4.52. The van der Waals surface area contributed by atoms with Crippen molar-refractivity contribution in [3.63, 3.8) is 0 Å². The van der Waals surface area contributed by atoms with Crippen molar-refractivity contribution in [3.05, 3.63) is 28.9 Å². The van der Waals surface area contributed by atoms with E-state index in [9.17, 15) is 14.4 Å². The number of thiocarbonyl (C=S) groups is 1. The van der Waals surface area contributed by atoms with E-state index in [0.29, 0.717) is 11.4 Å². The summed E-state index contributed by atoms with van der Waals surface area (Å²) in [5.41, 5.74) is 0.469. The maximum absolute atomic E-state index is 12.1. The molecule has 2 heterocycles. The SMILES string of the molecule is COC(=O)COc1ccc(C=C2SC(=S)N(CC(=O)O)C2=O)nc1. The van der Waals surface area contributed by atoms with Crippen LogP contribution in [0.4, 0.5) is 0 Å². The number of nitrogens with zero attached hydrogens (tertiary/aromatic N) is 2. The molecule has 1 saturated heterocycles. The van der Waals surface area contributed by atoms with Gasteiger partial charge in [-0.2, -0.15) is 0 Å². The fourth-order valence-corrected chi connectivity index (χ4v) is 2.91. The summed E-state index contributed by atoms with van der Waals surface area (Å²) in [6.45, 7) is -0.707. The molecule has 1 fully saturated rings. The minimum absolute atomic E-state index is 0.187. The van der Waals surface area contributed by atoms with Gasteiger partial charge in [-0.25, -0.2) is 4.79 Å². The Bertz CT molecular complexity index is 716. The Morgan fingerprint density at radius 2 is 2.21 bits per heavy atom. The van der Waals surface area contributed by atoms with E-state index in [1.165, 1.54) is 19.4 Å². The lowest BCUT2D eigenvalue weighted by atomic mass is 10.3. The largest absolute Gasteiger partial charge is 0.480 e. The molecule has 0 saturated carbocycles. The maximum Gasteiger partial charge on any atom is 0.343 e. The highest BCUT2D eigenvalue weighted by molar-refractivity contribution is 8.26. The Morgan fingerprint density at radius 1 is 1.46 bits per heavy atom. The lowest BCUT2D eigenvalue weighted by molar-refractivity contribution is -0.143. The summed E-state index contributed by atoms with van der Waals surface area (Å²) in [4.78, 5) is 39.2. The molecule has 0 aromatic carbocycles. The van der Waals surface area contributed by atoms with E-state index < -0.39 is 24.4 Å². The minimum Gasteiger partial charge on any atom is -0.480 e. The second kappa shape index (κ2) is 7.88. The standard InChI is InChI=1S/C14H12N2O6S2/c1-21-12(19)7-22-9-3-2-8(15-5-9)4-10-13(20)16(6-11(17)18)14(23)24-10/h2-5H,6-7H2,1H3,(H,17,18). The van der Waals surface area contributed by atoms with Crippen LogP contribution < -0.4 is 4.74 Å². The molecule has 0 radical (unpaired) electrons. The Hall–Kier alpha value is -2.46. The summed E-state index contributed by atoms with van der Waals surface area (Å²) in [5, 5.41) is 8.78. The highest BCUT2D eigenvalue weighted by Gasteiger charge is 2.33. The topological polar surface area (TPSA) is 106 Å².